The number of anilines is 1. The first-order valence-corrected chi connectivity index (χ1v) is 7.13. The van der Waals surface area contributed by atoms with E-state index in [1.165, 1.54) is 6.07 Å². The van der Waals surface area contributed by atoms with E-state index in [1.54, 1.807) is 13.8 Å². The van der Waals surface area contributed by atoms with Crippen molar-refractivity contribution in [3.8, 4) is 11.6 Å². The normalized spacial score (nSPS) is 10.6. The molecule has 0 amide bonds. The highest BCUT2D eigenvalue weighted by Gasteiger charge is 2.16. The van der Waals surface area contributed by atoms with Crippen LogP contribution in [0.5, 0.6) is 11.6 Å². The van der Waals surface area contributed by atoms with Crippen molar-refractivity contribution in [2.75, 3.05) is 11.9 Å². The molecule has 1 heterocycles. The van der Waals surface area contributed by atoms with E-state index in [2.05, 4.69) is 31.2 Å². The van der Waals surface area contributed by atoms with Crippen molar-refractivity contribution in [3.63, 3.8) is 0 Å². The molecule has 0 aliphatic rings. The van der Waals surface area contributed by atoms with E-state index in [0.717, 1.165) is 6.07 Å². The van der Waals surface area contributed by atoms with Gasteiger partial charge in [0.2, 0.25) is 11.7 Å². The van der Waals surface area contributed by atoms with Crippen LogP contribution in [0.3, 0.4) is 0 Å². The van der Waals surface area contributed by atoms with Gasteiger partial charge >= 0.3 is 0 Å². The Labute approximate surface area is 129 Å². The fraction of sp³-hybridized carbons (Fsp3) is 0.286. The minimum absolute atomic E-state index is 0.190. The van der Waals surface area contributed by atoms with Crippen LogP contribution >= 0.6 is 15.9 Å². The molecule has 21 heavy (non-hydrogen) atoms. The molecule has 0 radical (unpaired) electrons. The molecule has 1 aromatic heterocycles. The Bertz CT molecular complexity index is 680. The van der Waals surface area contributed by atoms with Crippen LogP contribution in [0.2, 0.25) is 0 Å². The molecule has 0 bridgehead atoms. The highest BCUT2D eigenvalue weighted by molar-refractivity contribution is 9.10. The smallest absolute Gasteiger partial charge is 0.227 e. The predicted molar refractivity (Wildman–Crippen MR) is 79.8 cm³/mol. The number of benzene rings is 1. The third kappa shape index (κ3) is 3.47. The SMILES string of the molecule is CCNc1nc(C)nc(Oc2cc(Br)cc(F)c2F)c1C. The molecule has 1 aromatic carbocycles. The van der Waals surface area contributed by atoms with E-state index in [1.807, 2.05) is 6.92 Å². The van der Waals surface area contributed by atoms with Gasteiger partial charge in [-0.25, -0.2) is 9.37 Å². The molecule has 2 aromatic rings. The van der Waals surface area contributed by atoms with Crippen molar-refractivity contribution < 1.29 is 13.5 Å². The molecule has 1 N–H and O–H groups in total. The standard InChI is InChI=1S/C14H14BrF2N3O/c1-4-18-13-7(2)14(20-8(3)19-13)21-11-6-9(15)5-10(16)12(11)17/h5-6H,4H2,1-3H3,(H,18,19,20). The second kappa shape index (κ2) is 6.34. The van der Waals surface area contributed by atoms with Gasteiger partial charge in [-0.15, -0.1) is 0 Å². The maximum atomic E-state index is 13.8. The van der Waals surface area contributed by atoms with Crippen LogP contribution in [0.1, 0.15) is 18.3 Å². The highest BCUT2D eigenvalue weighted by atomic mass is 79.9. The summed E-state index contributed by atoms with van der Waals surface area (Å²) in [7, 11) is 0. The largest absolute Gasteiger partial charge is 0.435 e. The lowest BCUT2D eigenvalue weighted by atomic mass is 10.3. The van der Waals surface area contributed by atoms with Crippen molar-refractivity contribution in [2.24, 2.45) is 0 Å². The van der Waals surface area contributed by atoms with Crippen LogP contribution in [-0.2, 0) is 0 Å². The molecule has 0 unspecified atom stereocenters. The molecule has 0 aliphatic heterocycles. The van der Waals surface area contributed by atoms with Gasteiger partial charge < -0.3 is 10.1 Å². The maximum absolute atomic E-state index is 13.8. The topological polar surface area (TPSA) is 47.0 Å². The summed E-state index contributed by atoms with van der Waals surface area (Å²) in [6.07, 6.45) is 0. The number of halogens is 3. The number of nitrogens with zero attached hydrogens (tertiary/aromatic N) is 2. The minimum Gasteiger partial charge on any atom is -0.435 e. The second-order valence-corrected chi connectivity index (χ2v) is 5.30. The molecule has 112 valence electrons. The first-order valence-electron chi connectivity index (χ1n) is 6.33. The van der Waals surface area contributed by atoms with Crippen LogP contribution in [0.15, 0.2) is 16.6 Å². The van der Waals surface area contributed by atoms with Gasteiger partial charge in [-0.05, 0) is 32.9 Å². The zero-order valence-electron chi connectivity index (χ0n) is 11.8. The number of ether oxygens (including phenoxy) is 1. The molecule has 0 saturated heterocycles. The lowest BCUT2D eigenvalue weighted by Crippen LogP contribution is -2.06. The summed E-state index contributed by atoms with van der Waals surface area (Å²) in [5.41, 5.74) is 0.627. The zero-order chi connectivity index (χ0) is 15.6. The molecule has 0 fully saturated rings. The Morgan fingerprint density at radius 2 is 1.95 bits per heavy atom. The second-order valence-electron chi connectivity index (χ2n) is 4.38. The summed E-state index contributed by atoms with van der Waals surface area (Å²) in [6, 6.07) is 2.38. The average molecular weight is 358 g/mol. The molecule has 4 nitrogen and oxygen atoms in total. The minimum atomic E-state index is -1.06. The highest BCUT2D eigenvalue weighted by Crippen LogP contribution is 2.31. The van der Waals surface area contributed by atoms with Gasteiger partial charge in [-0.3, -0.25) is 0 Å². The van der Waals surface area contributed by atoms with Crippen LogP contribution in [0.25, 0.3) is 0 Å². The lowest BCUT2D eigenvalue weighted by Gasteiger charge is -2.13. The quantitative estimate of drug-likeness (QED) is 0.825. The van der Waals surface area contributed by atoms with Crippen LogP contribution in [0, 0.1) is 25.5 Å². The molecular formula is C14H14BrF2N3O. The van der Waals surface area contributed by atoms with Gasteiger partial charge in [-0.1, -0.05) is 15.9 Å². The van der Waals surface area contributed by atoms with Crippen LogP contribution in [0.4, 0.5) is 14.6 Å². The first kappa shape index (κ1) is 15.6. The number of hydrogen-bond donors (Lipinski definition) is 1. The van der Waals surface area contributed by atoms with Gasteiger partial charge in [0.25, 0.3) is 0 Å². The molecule has 7 heteroatoms. The predicted octanol–water partition coefficient (Wildman–Crippen LogP) is 4.36. The molecule has 0 saturated carbocycles. The van der Waals surface area contributed by atoms with Crippen LogP contribution in [-0.4, -0.2) is 16.5 Å². The zero-order valence-corrected chi connectivity index (χ0v) is 13.4. The van der Waals surface area contributed by atoms with E-state index >= 15 is 0 Å². The van der Waals surface area contributed by atoms with E-state index in [9.17, 15) is 8.78 Å². The molecule has 2 rings (SSSR count). The number of aryl methyl sites for hydroxylation is 1. The van der Waals surface area contributed by atoms with Gasteiger partial charge in [0.05, 0.1) is 5.56 Å². The van der Waals surface area contributed by atoms with E-state index in [-0.39, 0.29) is 11.6 Å². The van der Waals surface area contributed by atoms with Crippen molar-refractivity contribution in [1.82, 2.24) is 9.97 Å². The third-order valence-electron chi connectivity index (χ3n) is 2.72. The Balaban J connectivity index is 2.44. The van der Waals surface area contributed by atoms with Gasteiger partial charge in [-0.2, -0.15) is 9.37 Å². The molecular weight excluding hydrogens is 344 g/mol. The summed E-state index contributed by atoms with van der Waals surface area (Å²) in [5, 5.41) is 3.07. The fourth-order valence-electron chi connectivity index (χ4n) is 1.75. The number of nitrogens with one attached hydrogen (secondary N) is 1. The lowest BCUT2D eigenvalue weighted by molar-refractivity contribution is 0.401. The van der Waals surface area contributed by atoms with Crippen molar-refractivity contribution in [2.45, 2.75) is 20.8 Å². The first-order chi connectivity index (χ1) is 9.92. The average Bonchev–Trinajstić information content (AvgIpc) is 2.41. The molecule has 0 spiro atoms. The van der Waals surface area contributed by atoms with E-state index in [0.29, 0.717) is 28.2 Å². The summed E-state index contributed by atoms with van der Waals surface area (Å²) in [6.45, 7) is 6.06. The Morgan fingerprint density at radius 3 is 2.62 bits per heavy atom. The van der Waals surface area contributed by atoms with E-state index in [4.69, 9.17) is 4.74 Å². The van der Waals surface area contributed by atoms with Gasteiger partial charge in [0.1, 0.15) is 11.6 Å². The van der Waals surface area contributed by atoms with Crippen molar-refractivity contribution in [1.29, 1.82) is 0 Å². The van der Waals surface area contributed by atoms with Crippen LogP contribution < -0.4 is 10.1 Å². The monoisotopic (exact) mass is 357 g/mol. The fourth-order valence-corrected chi connectivity index (χ4v) is 2.16. The van der Waals surface area contributed by atoms with Gasteiger partial charge in [0, 0.05) is 11.0 Å². The van der Waals surface area contributed by atoms with Crippen molar-refractivity contribution >= 4 is 21.7 Å². The van der Waals surface area contributed by atoms with Crippen molar-refractivity contribution in [3.05, 3.63) is 39.6 Å². The van der Waals surface area contributed by atoms with E-state index < -0.39 is 11.6 Å². The summed E-state index contributed by atoms with van der Waals surface area (Å²) < 4.78 is 33.0. The number of hydrogen-bond acceptors (Lipinski definition) is 4. The molecule has 0 atom stereocenters. The maximum Gasteiger partial charge on any atom is 0.227 e. The summed E-state index contributed by atoms with van der Waals surface area (Å²) >= 11 is 3.10. The molecule has 0 aliphatic carbocycles. The Morgan fingerprint density at radius 1 is 1.24 bits per heavy atom. The summed E-state index contributed by atoms with van der Waals surface area (Å²) in [4.78, 5) is 8.38. The summed E-state index contributed by atoms with van der Waals surface area (Å²) in [5.74, 6) is -1.01. The Hall–Kier alpha value is -1.76. The number of rotatable bonds is 4. The third-order valence-corrected chi connectivity index (χ3v) is 3.18. The number of aromatic nitrogens is 2. The van der Waals surface area contributed by atoms with Gasteiger partial charge in [0.15, 0.2) is 11.6 Å². The Kier molecular flexibility index (Phi) is 4.72.